The van der Waals surface area contributed by atoms with Crippen molar-refractivity contribution in [2.75, 3.05) is 13.1 Å². The second-order valence-electron chi connectivity index (χ2n) is 6.44. The molecule has 1 fully saturated rings. The molecule has 2 aromatic rings. The zero-order valence-corrected chi connectivity index (χ0v) is 14.1. The van der Waals surface area contributed by atoms with Gasteiger partial charge in [-0.15, -0.1) is 0 Å². The lowest BCUT2D eigenvalue weighted by atomic mass is 10.00. The van der Waals surface area contributed by atoms with Crippen LogP contribution in [0.4, 0.5) is 0 Å². The molecule has 0 spiro atoms. The lowest BCUT2D eigenvalue weighted by Gasteiger charge is -2.24. The molecule has 2 heterocycles. The van der Waals surface area contributed by atoms with E-state index in [4.69, 9.17) is 0 Å². The Morgan fingerprint density at radius 1 is 1.17 bits per heavy atom. The molecular weight excluding hydrogens is 282 g/mol. The maximum Gasteiger partial charge on any atom is 0.101 e. The normalized spacial score (nSPS) is 16.3. The Balaban J connectivity index is 1.95. The van der Waals surface area contributed by atoms with Crippen molar-refractivity contribution < 1.29 is 0 Å². The number of hydrogen-bond acceptors (Lipinski definition) is 3. The standard InChI is InChI=1S/C20H23N3/c1-14-11-20(22-15(2)19(14)13-21)18-8-6-7-17(12-18)16(3)23-9-4-5-10-23/h6-8,11-12,16H,4-5,9-10H2,1-3H3/t16-/m0/s1. The van der Waals surface area contributed by atoms with Crippen molar-refractivity contribution in [3.8, 4) is 17.3 Å². The number of nitriles is 1. The summed E-state index contributed by atoms with van der Waals surface area (Å²) >= 11 is 0. The van der Waals surface area contributed by atoms with E-state index in [1.165, 1.54) is 31.5 Å². The molecular formula is C20H23N3. The highest BCUT2D eigenvalue weighted by Gasteiger charge is 2.19. The summed E-state index contributed by atoms with van der Waals surface area (Å²) in [5.74, 6) is 0. The van der Waals surface area contributed by atoms with Crippen LogP contribution in [0, 0.1) is 25.2 Å². The molecule has 0 bridgehead atoms. The van der Waals surface area contributed by atoms with E-state index < -0.39 is 0 Å². The first-order valence-corrected chi connectivity index (χ1v) is 8.33. The van der Waals surface area contributed by atoms with Crippen LogP contribution in [0.15, 0.2) is 30.3 Å². The first-order chi connectivity index (χ1) is 11.1. The van der Waals surface area contributed by atoms with E-state index in [2.05, 4.69) is 47.1 Å². The van der Waals surface area contributed by atoms with Gasteiger partial charge in [0.2, 0.25) is 0 Å². The van der Waals surface area contributed by atoms with Crippen LogP contribution in [0.2, 0.25) is 0 Å². The molecule has 0 N–H and O–H groups in total. The second-order valence-corrected chi connectivity index (χ2v) is 6.44. The number of aromatic nitrogens is 1. The van der Waals surface area contributed by atoms with Crippen LogP contribution in [0.1, 0.15) is 48.2 Å². The molecule has 3 nitrogen and oxygen atoms in total. The zero-order valence-electron chi connectivity index (χ0n) is 14.1. The van der Waals surface area contributed by atoms with Crippen molar-refractivity contribution in [1.82, 2.24) is 9.88 Å². The van der Waals surface area contributed by atoms with Gasteiger partial charge in [-0.3, -0.25) is 9.88 Å². The lowest BCUT2D eigenvalue weighted by Crippen LogP contribution is -2.23. The monoisotopic (exact) mass is 305 g/mol. The van der Waals surface area contributed by atoms with E-state index in [1.54, 1.807) is 0 Å². The third-order valence-corrected chi connectivity index (χ3v) is 4.86. The minimum absolute atomic E-state index is 0.443. The molecule has 1 saturated heterocycles. The van der Waals surface area contributed by atoms with Crippen LogP contribution in [0.5, 0.6) is 0 Å². The lowest BCUT2D eigenvalue weighted by molar-refractivity contribution is 0.263. The van der Waals surface area contributed by atoms with Gasteiger partial charge in [0.15, 0.2) is 0 Å². The maximum absolute atomic E-state index is 9.20. The third-order valence-electron chi connectivity index (χ3n) is 4.86. The van der Waals surface area contributed by atoms with Crippen molar-refractivity contribution in [1.29, 1.82) is 5.26 Å². The Hall–Kier alpha value is -2.18. The molecule has 23 heavy (non-hydrogen) atoms. The fourth-order valence-corrected chi connectivity index (χ4v) is 3.45. The van der Waals surface area contributed by atoms with Crippen molar-refractivity contribution in [2.24, 2.45) is 0 Å². The van der Waals surface area contributed by atoms with E-state index in [0.717, 1.165) is 22.5 Å². The number of likely N-dealkylation sites (tertiary alicyclic amines) is 1. The predicted octanol–water partition coefficient (Wildman–Crippen LogP) is 4.39. The van der Waals surface area contributed by atoms with E-state index in [-0.39, 0.29) is 0 Å². The summed E-state index contributed by atoms with van der Waals surface area (Å²) < 4.78 is 0. The van der Waals surface area contributed by atoms with E-state index in [1.807, 2.05) is 19.9 Å². The summed E-state index contributed by atoms with van der Waals surface area (Å²) in [6.07, 6.45) is 2.61. The molecule has 0 aliphatic carbocycles. The Morgan fingerprint density at radius 3 is 2.57 bits per heavy atom. The van der Waals surface area contributed by atoms with Crippen molar-refractivity contribution in [3.63, 3.8) is 0 Å². The average molecular weight is 305 g/mol. The zero-order chi connectivity index (χ0) is 16.4. The number of benzene rings is 1. The van der Waals surface area contributed by atoms with Gasteiger partial charge in [-0.1, -0.05) is 18.2 Å². The largest absolute Gasteiger partial charge is 0.297 e. The number of nitrogens with zero attached hydrogens (tertiary/aromatic N) is 3. The molecule has 118 valence electrons. The molecule has 1 aliphatic heterocycles. The smallest absolute Gasteiger partial charge is 0.101 e. The van der Waals surface area contributed by atoms with Gasteiger partial charge in [-0.05, 0) is 70.0 Å². The predicted molar refractivity (Wildman–Crippen MR) is 93.1 cm³/mol. The molecule has 1 atom stereocenters. The highest BCUT2D eigenvalue weighted by Crippen LogP contribution is 2.28. The van der Waals surface area contributed by atoms with Crippen molar-refractivity contribution in [2.45, 2.75) is 39.7 Å². The van der Waals surface area contributed by atoms with Crippen LogP contribution in [-0.2, 0) is 0 Å². The van der Waals surface area contributed by atoms with Gasteiger partial charge in [0.25, 0.3) is 0 Å². The number of aryl methyl sites for hydroxylation is 2. The summed E-state index contributed by atoms with van der Waals surface area (Å²) in [5, 5.41) is 9.20. The molecule has 1 aromatic heterocycles. The summed E-state index contributed by atoms with van der Waals surface area (Å²) in [5.41, 5.74) is 5.91. The van der Waals surface area contributed by atoms with Crippen LogP contribution in [0.3, 0.4) is 0 Å². The highest BCUT2D eigenvalue weighted by molar-refractivity contribution is 5.63. The van der Waals surface area contributed by atoms with Crippen molar-refractivity contribution in [3.05, 3.63) is 52.7 Å². The van der Waals surface area contributed by atoms with Gasteiger partial charge in [0, 0.05) is 11.6 Å². The average Bonchev–Trinajstić information content (AvgIpc) is 3.08. The topological polar surface area (TPSA) is 39.9 Å². The van der Waals surface area contributed by atoms with E-state index in [9.17, 15) is 5.26 Å². The fourth-order valence-electron chi connectivity index (χ4n) is 3.45. The van der Waals surface area contributed by atoms with Gasteiger partial charge >= 0.3 is 0 Å². The molecule has 0 saturated carbocycles. The molecule has 0 unspecified atom stereocenters. The van der Waals surface area contributed by atoms with Gasteiger partial charge in [-0.25, -0.2) is 0 Å². The molecule has 1 aromatic carbocycles. The number of pyridine rings is 1. The Bertz CT molecular complexity index is 729. The molecule has 0 amide bonds. The second kappa shape index (κ2) is 6.52. The van der Waals surface area contributed by atoms with Gasteiger partial charge in [0.05, 0.1) is 17.0 Å². The van der Waals surface area contributed by atoms with Crippen LogP contribution in [0.25, 0.3) is 11.3 Å². The van der Waals surface area contributed by atoms with E-state index >= 15 is 0 Å². The first-order valence-electron chi connectivity index (χ1n) is 8.33. The Kier molecular flexibility index (Phi) is 4.45. The molecule has 0 radical (unpaired) electrons. The summed E-state index contributed by atoms with van der Waals surface area (Å²) in [6.45, 7) is 8.56. The van der Waals surface area contributed by atoms with Crippen LogP contribution >= 0.6 is 0 Å². The molecule has 3 rings (SSSR count). The number of rotatable bonds is 3. The van der Waals surface area contributed by atoms with Gasteiger partial charge in [-0.2, -0.15) is 5.26 Å². The Labute approximate surface area is 138 Å². The maximum atomic E-state index is 9.20. The van der Waals surface area contributed by atoms with Crippen LogP contribution in [-0.4, -0.2) is 23.0 Å². The van der Waals surface area contributed by atoms with Gasteiger partial charge < -0.3 is 0 Å². The van der Waals surface area contributed by atoms with E-state index in [0.29, 0.717) is 11.6 Å². The minimum atomic E-state index is 0.443. The quantitative estimate of drug-likeness (QED) is 0.844. The minimum Gasteiger partial charge on any atom is -0.297 e. The summed E-state index contributed by atoms with van der Waals surface area (Å²) in [7, 11) is 0. The number of hydrogen-bond donors (Lipinski definition) is 0. The van der Waals surface area contributed by atoms with Crippen molar-refractivity contribution >= 4 is 0 Å². The first kappa shape index (κ1) is 15.7. The van der Waals surface area contributed by atoms with Crippen LogP contribution < -0.4 is 0 Å². The highest BCUT2D eigenvalue weighted by atomic mass is 15.2. The molecule has 1 aliphatic rings. The SMILES string of the molecule is Cc1cc(-c2cccc([C@H](C)N3CCCC3)c2)nc(C)c1C#N. The summed E-state index contributed by atoms with van der Waals surface area (Å²) in [4.78, 5) is 7.18. The third kappa shape index (κ3) is 3.13. The fraction of sp³-hybridized carbons (Fsp3) is 0.400. The Morgan fingerprint density at radius 2 is 1.91 bits per heavy atom. The molecule has 3 heteroatoms. The summed E-state index contributed by atoms with van der Waals surface area (Å²) in [6, 6.07) is 13.4. The van der Waals surface area contributed by atoms with Gasteiger partial charge in [0.1, 0.15) is 6.07 Å².